The quantitative estimate of drug-likeness (QED) is 0.260. The van der Waals surface area contributed by atoms with E-state index >= 15 is 0 Å². The number of fused-ring (bicyclic) bond motifs is 1. The molecule has 4 nitrogen and oxygen atoms in total. The van der Waals surface area contributed by atoms with E-state index in [-0.39, 0.29) is 18.0 Å². The van der Waals surface area contributed by atoms with Gasteiger partial charge in [0.1, 0.15) is 5.82 Å². The zero-order valence-corrected chi connectivity index (χ0v) is 18.3. The molecule has 1 aromatic heterocycles. The third-order valence-corrected chi connectivity index (χ3v) is 5.65. The van der Waals surface area contributed by atoms with Crippen molar-refractivity contribution in [1.29, 1.82) is 0 Å². The summed E-state index contributed by atoms with van der Waals surface area (Å²) in [6, 6.07) is 16.7. The largest absolute Gasteiger partial charge is 0.288 e. The Morgan fingerprint density at radius 2 is 1.63 bits per heavy atom. The van der Waals surface area contributed by atoms with Crippen LogP contribution in [0.25, 0.3) is 22.3 Å². The Bertz CT molecular complexity index is 1030. The molecule has 0 saturated carbocycles. The topological polar surface area (TPSA) is 52.0 Å². The summed E-state index contributed by atoms with van der Waals surface area (Å²) in [6.45, 7) is 2.20. The lowest BCUT2D eigenvalue weighted by Crippen LogP contribution is -2.29. The van der Waals surface area contributed by atoms with Gasteiger partial charge in [-0.05, 0) is 30.2 Å². The summed E-state index contributed by atoms with van der Waals surface area (Å²) in [6.07, 6.45) is 7.74. The van der Waals surface area contributed by atoms with Gasteiger partial charge >= 0.3 is 0 Å². The molecule has 3 aromatic rings. The Morgan fingerprint density at radius 1 is 0.967 bits per heavy atom. The molecule has 3 rings (SSSR count). The molecule has 0 bridgehead atoms. The van der Waals surface area contributed by atoms with Gasteiger partial charge in [0.25, 0.3) is 5.56 Å². The van der Waals surface area contributed by atoms with Gasteiger partial charge in [-0.2, -0.15) is 0 Å². The van der Waals surface area contributed by atoms with Crippen LogP contribution in [0.2, 0.25) is 0 Å². The van der Waals surface area contributed by atoms with Crippen molar-refractivity contribution in [3.63, 3.8) is 0 Å². The highest BCUT2D eigenvalue weighted by atomic mass is 35.5. The third-order valence-electron chi connectivity index (χ3n) is 5.49. The third kappa shape index (κ3) is 5.57. The first kappa shape index (κ1) is 22.2. The van der Waals surface area contributed by atoms with Crippen LogP contribution < -0.4 is 5.56 Å². The highest BCUT2D eigenvalue weighted by molar-refractivity contribution is 6.63. The van der Waals surface area contributed by atoms with E-state index in [4.69, 9.17) is 16.6 Å². The van der Waals surface area contributed by atoms with Crippen LogP contribution in [0, 0.1) is 0 Å². The number of para-hydroxylation sites is 1. The highest BCUT2D eigenvalue weighted by Crippen LogP contribution is 2.27. The number of carbonyl (C=O) groups excluding carboxylic acids is 1. The SMILES string of the molecule is CCCCCCCCC(CC(=O)Cl)n1c(-c2ccccc2)nc2ccccc2c1=O. The number of carbonyl (C=O) groups is 1. The second kappa shape index (κ2) is 11.1. The minimum absolute atomic E-state index is 0.117. The van der Waals surface area contributed by atoms with Crippen molar-refractivity contribution in [2.24, 2.45) is 0 Å². The van der Waals surface area contributed by atoms with Gasteiger partial charge in [-0.1, -0.05) is 87.9 Å². The molecule has 0 saturated heterocycles. The van der Waals surface area contributed by atoms with Gasteiger partial charge in [0, 0.05) is 18.0 Å². The molecule has 1 heterocycles. The second-order valence-electron chi connectivity index (χ2n) is 7.76. The van der Waals surface area contributed by atoms with Gasteiger partial charge in [-0.25, -0.2) is 4.98 Å². The van der Waals surface area contributed by atoms with E-state index in [1.54, 1.807) is 10.6 Å². The molecule has 2 aromatic carbocycles. The molecule has 0 radical (unpaired) electrons. The summed E-state index contributed by atoms with van der Waals surface area (Å²) < 4.78 is 1.70. The Morgan fingerprint density at radius 3 is 2.37 bits per heavy atom. The Hall–Kier alpha value is -2.46. The minimum Gasteiger partial charge on any atom is -0.288 e. The number of nitrogens with zero attached hydrogens (tertiary/aromatic N) is 2. The van der Waals surface area contributed by atoms with E-state index in [0.717, 1.165) is 24.8 Å². The van der Waals surface area contributed by atoms with Crippen LogP contribution >= 0.6 is 11.6 Å². The summed E-state index contributed by atoms with van der Waals surface area (Å²) in [5, 5.41) is 0.136. The molecule has 0 aliphatic heterocycles. The Balaban J connectivity index is 2.01. The monoisotopic (exact) mass is 424 g/mol. The molecule has 158 valence electrons. The normalized spacial score (nSPS) is 12.2. The van der Waals surface area contributed by atoms with Crippen molar-refractivity contribution in [3.8, 4) is 11.4 Å². The maximum atomic E-state index is 13.5. The van der Waals surface area contributed by atoms with Crippen LogP contribution in [0.4, 0.5) is 0 Å². The number of benzene rings is 2. The molecule has 0 fully saturated rings. The lowest BCUT2D eigenvalue weighted by atomic mass is 10.0. The van der Waals surface area contributed by atoms with Crippen LogP contribution in [0.5, 0.6) is 0 Å². The lowest BCUT2D eigenvalue weighted by Gasteiger charge is -2.22. The zero-order chi connectivity index (χ0) is 21.3. The smallest absolute Gasteiger partial charge is 0.261 e. The molecule has 0 spiro atoms. The number of hydrogen-bond donors (Lipinski definition) is 0. The molecule has 0 amide bonds. The Kier molecular flexibility index (Phi) is 8.21. The van der Waals surface area contributed by atoms with Gasteiger partial charge in [-0.15, -0.1) is 0 Å². The fourth-order valence-corrected chi connectivity index (χ4v) is 4.12. The summed E-state index contributed by atoms with van der Waals surface area (Å²) in [5.41, 5.74) is 1.40. The number of hydrogen-bond acceptors (Lipinski definition) is 3. The summed E-state index contributed by atoms with van der Waals surface area (Å²) in [5.74, 6) is 0.591. The van der Waals surface area contributed by atoms with Crippen molar-refractivity contribution in [1.82, 2.24) is 9.55 Å². The molecule has 0 N–H and O–H groups in total. The molecule has 0 aliphatic carbocycles. The molecule has 0 aliphatic rings. The second-order valence-corrected chi connectivity index (χ2v) is 8.18. The first-order chi connectivity index (χ1) is 14.6. The van der Waals surface area contributed by atoms with Crippen LogP contribution in [-0.4, -0.2) is 14.8 Å². The van der Waals surface area contributed by atoms with Crippen LogP contribution in [-0.2, 0) is 4.79 Å². The van der Waals surface area contributed by atoms with E-state index in [0.29, 0.717) is 16.7 Å². The number of halogens is 1. The van der Waals surface area contributed by atoms with Crippen molar-refractivity contribution in [3.05, 3.63) is 65.0 Å². The number of aromatic nitrogens is 2. The maximum Gasteiger partial charge on any atom is 0.261 e. The van der Waals surface area contributed by atoms with Crippen molar-refractivity contribution >= 4 is 27.7 Å². The van der Waals surface area contributed by atoms with Gasteiger partial charge < -0.3 is 0 Å². The summed E-state index contributed by atoms with van der Waals surface area (Å²) in [4.78, 5) is 30.2. The molecule has 30 heavy (non-hydrogen) atoms. The predicted octanol–water partition coefficient (Wildman–Crippen LogP) is 6.51. The van der Waals surface area contributed by atoms with Gasteiger partial charge in [-0.3, -0.25) is 14.2 Å². The number of rotatable bonds is 11. The molecular weight excluding hydrogens is 396 g/mol. The first-order valence-corrected chi connectivity index (χ1v) is 11.2. The first-order valence-electron chi connectivity index (χ1n) is 10.9. The van der Waals surface area contributed by atoms with E-state index in [9.17, 15) is 9.59 Å². The lowest BCUT2D eigenvalue weighted by molar-refractivity contribution is -0.112. The van der Waals surface area contributed by atoms with Gasteiger partial charge in [0.2, 0.25) is 5.24 Å². The van der Waals surface area contributed by atoms with Gasteiger partial charge in [0.15, 0.2) is 0 Å². The average Bonchev–Trinajstić information content (AvgIpc) is 2.76. The van der Waals surface area contributed by atoms with Crippen molar-refractivity contribution in [2.75, 3.05) is 0 Å². The highest BCUT2D eigenvalue weighted by Gasteiger charge is 2.22. The van der Waals surface area contributed by atoms with E-state index in [1.165, 1.54) is 25.7 Å². The summed E-state index contributed by atoms with van der Waals surface area (Å²) in [7, 11) is 0. The van der Waals surface area contributed by atoms with Crippen LogP contribution in [0.1, 0.15) is 64.3 Å². The average molecular weight is 425 g/mol. The molecule has 5 heteroatoms. The van der Waals surface area contributed by atoms with Crippen molar-refractivity contribution < 1.29 is 4.79 Å². The fourth-order valence-electron chi connectivity index (χ4n) is 3.94. The zero-order valence-electron chi connectivity index (χ0n) is 17.5. The standard InChI is InChI=1S/C25H29ClN2O2/c1-2-3-4-5-6-10-15-20(18-23(26)29)28-24(19-13-8-7-9-14-19)27-22-17-12-11-16-21(22)25(28)30/h7-9,11-14,16-17,20H,2-6,10,15,18H2,1H3. The van der Waals surface area contributed by atoms with Crippen LogP contribution in [0.15, 0.2) is 59.4 Å². The predicted molar refractivity (Wildman–Crippen MR) is 124 cm³/mol. The maximum absolute atomic E-state index is 13.5. The molecular formula is C25H29ClN2O2. The van der Waals surface area contributed by atoms with E-state index in [2.05, 4.69) is 6.92 Å². The van der Waals surface area contributed by atoms with E-state index in [1.807, 2.05) is 48.5 Å². The number of unbranched alkanes of at least 4 members (excludes halogenated alkanes) is 5. The fraction of sp³-hybridized carbons (Fsp3) is 0.400. The minimum atomic E-state index is -0.426. The Labute approximate surface area is 182 Å². The van der Waals surface area contributed by atoms with E-state index < -0.39 is 5.24 Å². The van der Waals surface area contributed by atoms with Gasteiger partial charge in [0.05, 0.1) is 10.9 Å². The van der Waals surface area contributed by atoms with Crippen molar-refractivity contribution in [2.45, 2.75) is 64.3 Å². The van der Waals surface area contributed by atoms with Crippen LogP contribution in [0.3, 0.4) is 0 Å². The molecule has 1 atom stereocenters. The molecule has 1 unspecified atom stereocenters. The summed E-state index contributed by atoms with van der Waals surface area (Å²) >= 11 is 5.80.